The van der Waals surface area contributed by atoms with Crippen molar-refractivity contribution < 1.29 is 13.0 Å². The molecule has 86 valence electrons. The minimum atomic E-state index is -3.91. The van der Waals surface area contributed by atoms with Gasteiger partial charge in [-0.2, -0.15) is 8.42 Å². The smallest absolute Gasteiger partial charge is 0.267 e. The summed E-state index contributed by atoms with van der Waals surface area (Å²) in [4.78, 5) is 0. The molecule has 0 spiro atoms. The highest BCUT2D eigenvalue weighted by molar-refractivity contribution is 7.88. The van der Waals surface area contributed by atoms with Crippen LogP contribution in [-0.2, 0) is 10.1 Å². The van der Waals surface area contributed by atoms with E-state index in [1.807, 2.05) is 27.7 Å². The lowest BCUT2D eigenvalue weighted by Crippen LogP contribution is -2.47. The normalized spacial score (nSPS) is 20.2. The quantitative estimate of drug-likeness (QED) is 0.585. The van der Waals surface area contributed by atoms with E-state index in [9.17, 15) is 13.0 Å². The van der Waals surface area contributed by atoms with Gasteiger partial charge in [0.2, 0.25) is 0 Å². The summed E-state index contributed by atoms with van der Waals surface area (Å²) in [5, 5.41) is 0. The van der Waals surface area contributed by atoms with E-state index < -0.39 is 24.0 Å². The van der Waals surface area contributed by atoms with Crippen molar-refractivity contribution in [3.05, 3.63) is 0 Å². The molecule has 0 aliphatic rings. The van der Waals surface area contributed by atoms with Crippen LogP contribution in [0.25, 0.3) is 0 Å². The molecule has 5 heteroatoms. The van der Waals surface area contributed by atoms with E-state index in [1.165, 1.54) is 0 Å². The van der Waals surface area contributed by atoms with Crippen LogP contribution in [-0.4, -0.2) is 26.9 Å². The maximum atomic E-state index is 11.4. The van der Waals surface area contributed by atoms with E-state index in [0.29, 0.717) is 5.54 Å². The van der Waals surface area contributed by atoms with Gasteiger partial charge in [-0.1, -0.05) is 39.7 Å². The van der Waals surface area contributed by atoms with Gasteiger partial charge in [-0.3, -0.25) is 4.55 Å². The summed E-state index contributed by atoms with van der Waals surface area (Å²) < 4.78 is 31.2. The van der Waals surface area contributed by atoms with E-state index in [4.69, 9.17) is 0 Å². The summed E-state index contributed by atoms with van der Waals surface area (Å²) in [6.45, 7) is 9.62. The number of hydrogen-bond acceptors (Lipinski definition) is 2. The second-order valence-electron chi connectivity index (χ2n) is 4.69. The average Bonchev–Trinajstić information content (AvgIpc) is 1.99. The Morgan fingerprint density at radius 2 is 1.79 bits per heavy atom. The van der Waals surface area contributed by atoms with Crippen LogP contribution >= 0.6 is 0 Å². The zero-order valence-electron chi connectivity index (χ0n) is 9.74. The number of rotatable bonds is 5. The third-order valence-electron chi connectivity index (χ3n) is 3.06. The van der Waals surface area contributed by atoms with Crippen molar-refractivity contribution in [2.24, 2.45) is 5.92 Å². The average molecular weight is 238 g/mol. The molecule has 0 aromatic rings. The van der Waals surface area contributed by atoms with Gasteiger partial charge in [0.25, 0.3) is 10.1 Å². The molecule has 0 amide bonds. The molecular weight excluding hydrogens is 216 g/mol. The van der Waals surface area contributed by atoms with Crippen LogP contribution in [0.5, 0.6) is 0 Å². The highest BCUT2D eigenvalue weighted by Crippen LogP contribution is 2.30. The van der Waals surface area contributed by atoms with Gasteiger partial charge in [-0.15, -0.1) is 0 Å². The molecule has 0 aromatic carbocycles. The molecule has 2 unspecified atom stereocenters. The molecule has 0 rings (SSSR count). The molecule has 1 N–H and O–H groups in total. The Labute approximate surface area is 89.9 Å². The lowest BCUT2D eigenvalue weighted by atomic mass is 10.1. The molecular formula is C9H22O3SSi. The van der Waals surface area contributed by atoms with Gasteiger partial charge in [0.1, 0.15) is 0 Å². The second kappa shape index (κ2) is 4.77. The van der Waals surface area contributed by atoms with Gasteiger partial charge in [0.05, 0.1) is 13.9 Å². The van der Waals surface area contributed by atoms with E-state index in [1.54, 1.807) is 6.92 Å². The first-order valence-electron chi connectivity index (χ1n) is 5.12. The summed E-state index contributed by atoms with van der Waals surface area (Å²) in [5.41, 5.74) is 0.399. The zero-order chi connectivity index (χ0) is 11.6. The molecule has 3 nitrogen and oxygen atoms in total. The molecule has 0 saturated carbocycles. The van der Waals surface area contributed by atoms with Gasteiger partial charge < -0.3 is 0 Å². The van der Waals surface area contributed by atoms with Crippen molar-refractivity contribution in [2.75, 3.05) is 0 Å². The fourth-order valence-corrected chi connectivity index (χ4v) is 6.63. The molecule has 0 aliphatic carbocycles. The van der Waals surface area contributed by atoms with Gasteiger partial charge in [0, 0.05) is 0 Å². The standard InChI is InChI=1S/C9H22O3SSi/c1-6-8(4)9(5,13(10,11)12)14-7(2)3/h7-8H,6,14H2,1-5H3,(H,10,11,12). The maximum Gasteiger partial charge on any atom is 0.267 e. The van der Waals surface area contributed by atoms with Crippen molar-refractivity contribution >= 4 is 19.6 Å². The molecule has 0 heterocycles. The SMILES string of the molecule is CCC(C)C(C)([SiH2]C(C)C)S(=O)(=O)O. The molecule has 0 aromatic heterocycles. The Bertz CT molecular complexity index is 274. The molecule has 0 aliphatic heterocycles. The maximum absolute atomic E-state index is 11.4. The Hall–Kier alpha value is 0.127. The molecule has 14 heavy (non-hydrogen) atoms. The lowest BCUT2D eigenvalue weighted by Gasteiger charge is -2.33. The predicted molar refractivity (Wildman–Crippen MR) is 63.1 cm³/mol. The predicted octanol–water partition coefficient (Wildman–Crippen LogP) is 1.63. The van der Waals surface area contributed by atoms with Gasteiger partial charge >= 0.3 is 0 Å². The van der Waals surface area contributed by atoms with Crippen LogP contribution in [0.15, 0.2) is 0 Å². The molecule has 2 atom stereocenters. The van der Waals surface area contributed by atoms with E-state index >= 15 is 0 Å². The highest BCUT2D eigenvalue weighted by atomic mass is 32.2. The molecule has 0 bridgehead atoms. The van der Waals surface area contributed by atoms with E-state index in [0.717, 1.165) is 6.42 Å². The fraction of sp³-hybridized carbons (Fsp3) is 1.00. The van der Waals surface area contributed by atoms with Crippen molar-refractivity contribution in [3.63, 3.8) is 0 Å². The van der Waals surface area contributed by atoms with Crippen LogP contribution in [0.2, 0.25) is 5.54 Å². The summed E-state index contributed by atoms with van der Waals surface area (Å²) in [7, 11) is -4.75. The van der Waals surface area contributed by atoms with E-state index in [-0.39, 0.29) is 5.92 Å². The molecule has 0 saturated heterocycles. The topological polar surface area (TPSA) is 54.4 Å². The summed E-state index contributed by atoms with van der Waals surface area (Å²) >= 11 is 0. The van der Waals surface area contributed by atoms with Crippen molar-refractivity contribution in [1.82, 2.24) is 0 Å². The Morgan fingerprint density at radius 3 is 2.00 bits per heavy atom. The summed E-state index contributed by atoms with van der Waals surface area (Å²) in [6.07, 6.45) is 0.788. The van der Waals surface area contributed by atoms with Gasteiger partial charge in [-0.05, 0) is 12.8 Å². The van der Waals surface area contributed by atoms with E-state index in [2.05, 4.69) is 0 Å². The first-order valence-corrected chi connectivity index (χ1v) is 8.08. The first kappa shape index (κ1) is 14.1. The molecule has 0 fully saturated rings. The highest BCUT2D eigenvalue weighted by Gasteiger charge is 2.42. The monoisotopic (exact) mass is 238 g/mol. The zero-order valence-corrected chi connectivity index (χ0v) is 12.0. The summed E-state index contributed by atoms with van der Waals surface area (Å²) in [6, 6.07) is 0. The Morgan fingerprint density at radius 1 is 1.36 bits per heavy atom. The summed E-state index contributed by atoms with van der Waals surface area (Å²) in [5.74, 6) is 0.0339. The Balaban J connectivity index is 5.06. The van der Waals surface area contributed by atoms with Gasteiger partial charge in [0.15, 0.2) is 0 Å². The number of hydrogen-bond donors (Lipinski definition) is 1. The molecule has 0 radical (unpaired) electrons. The Kier molecular flexibility index (Phi) is 4.81. The fourth-order valence-electron chi connectivity index (χ4n) is 1.80. The minimum absolute atomic E-state index is 0.0339. The van der Waals surface area contributed by atoms with Gasteiger partial charge in [-0.25, -0.2) is 0 Å². The third-order valence-corrected chi connectivity index (χ3v) is 8.56. The van der Waals surface area contributed by atoms with Crippen LogP contribution in [0, 0.1) is 5.92 Å². The van der Waals surface area contributed by atoms with Crippen LogP contribution in [0.4, 0.5) is 0 Å². The van der Waals surface area contributed by atoms with Crippen molar-refractivity contribution in [2.45, 2.75) is 51.0 Å². The van der Waals surface area contributed by atoms with Crippen molar-refractivity contribution in [1.29, 1.82) is 0 Å². The lowest BCUT2D eigenvalue weighted by molar-refractivity contribution is 0.411. The van der Waals surface area contributed by atoms with Crippen molar-refractivity contribution in [3.8, 4) is 0 Å². The largest absolute Gasteiger partial charge is 0.285 e. The minimum Gasteiger partial charge on any atom is -0.285 e. The second-order valence-corrected chi connectivity index (χ2v) is 10.6. The first-order chi connectivity index (χ1) is 6.15. The third kappa shape index (κ3) is 3.07. The van der Waals surface area contributed by atoms with Crippen LogP contribution < -0.4 is 0 Å². The van der Waals surface area contributed by atoms with Crippen LogP contribution in [0.1, 0.15) is 41.0 Å². The van der Waals surface area contributed by atoms with Crippen LogP contribution in [0.3, 0.4) is 0 Å².